The molecule has 104 valence electrons. The zero-order valence-corrected chi connectivity index (χ0v) is 10.6. The highest BCUT2D eigenvalue weighted by atomic mass is 19.1. The zero-order chi connectivity index (χ0) is 14.5. The van der Waals surface area contributed by atoms with Crippen molar-refractivity contribution in [2.75, 3.05) is 0 Å². The van der Waals surface area contributed by atoms with Crippen molar-refractivity contribution < 1.29 is 18.7 Å². The number of rotatable bonds is 5. The number of nitrogens with zero attached hydrogens (tertiary/aromatic N) is 1. The van der Waals surface area contributed by atoms with Crippen LogP contribution in [0.4, 0.5) is 8.78 Å². The number of hydrogen-bond donors (Lipinski definition) is 1. The number of halogens is 2. The highest BCUT2D eigenvalue weighted by Crippen LogP contribution is 2.16. The van der Waals surface area contributed by atoms with Gasteiger partial charge in [-0.1, -0.05) is 12.1 Å². The van der Waals surface area contributed by atoms with Crippen molar-refractivity contribution in [2.45, 2.75) is 12.8 Å². The van der Waals surface area contributed by atoms with E-state index in [1.54, 1.807) is 12.1 Å². The lowest BCUT2D eigenvalue weighted by molar-refractivity contribution is -0.141. The average Bonchev–Trinajstić information content (AvgIpc) is 2.40. The number of aliphatic carboxylic acids is 1. The molecule has 0 aliphatic rings. The van der Waals surface area contributed by atoms with Gasteiger partial charge >= 0.3 is 5.97 Å². The number of pyridine rings is 1. The maximum absolute atomic E-state index is 13.0. The molecule has 1 aromatic carbocycles. The Morgan fingerprint density at radius 1 is 1.05 bits per heavy atom. The molecule has 1 unspecified atom stereocenters. The predicted molar refractivity (Wildman–Crippen MR) is 69.1 cm³/mol. The molecule has 5 heteroatoms. The normalized spacial score (nSPS) is 12.1. The van der Waals surface area contributed by atoms with Crippen molar-refractivity contribution in [1.29, 1.82) is 0 Å². The van der Waals surface area contributed by atoms with Crippen molar-refractivity contribution in [1.82, 2.24) is 4.98 Å². The van der Waals surface area contributed by atoms with Crippen molar-refractivity contribution in [2.24, 2.45) is 5.92 Å². The Balaban J connectivity index is 2.11. The molecule has 0 radical (unpaired) electrons. The molecule has 2 aromatic rings. The van der Waals surface area contributed by atoms with Gasteiger partial charge < -0.3 is 5.11 Å². The Kier molecular flexibility index (Phi) is 4.40. The smallest absolute Gasteiger partial charge is 0.307 e. The molecular weight excluding hydrogens is 264 g/mol. The maximum Gasteiger partial charge on any atom is 0.307 e. The fourth-order valence-corrected chi connectivity index (χ4v) is 2.00. The minimum absolute atomic E-state index is 0.178. The first-order valence-electron chi connectivity index (χ1n) is 6.11. The molecule has 0 saturated heterocycles. The zero-order valence-electron chi connectivity index (χ0n) is 10.6. The molecule has 0 bridgehead atoms. The molecule has 2 rings (SSSR count). The summed E-state index contributed by atoms with van der Waals surface area (Å²) in [7, 11) is 0. The Morgan fingerprint density at radius 2 is 1.70 bits per heavy atom. The number of carbonyl (C=O) groups is 1. The molecule has 0 aliphatic carbocycles. The Bertz CT molecular complexity index is 599. The molecule has 0 aliphatic heterocycles. The molecule has 1 N–H and O–H groups in total. The van der Waals surface area contributed by atoms with Gasteiger partial charge in [-0.25, -0.2) is 8.78 Å². The molecule has 1 aromatic heterocycles. The van der Waals surface area contributed by atoms with E-state index in [0.717, 1.165) is 11.8 Å². The van der Waals surface area contributed by atoms with Gasteiger partial charge in [0, 0.05) is 6.20 Å². The fraction of sp³-hybridized carbons (Fsp3) is 0.200. The van der Waals surface area contributed by atoms with E-state index >= 15 is 0 Å². The first-order valence-corrected chi connectivity index (χ1v) is 6.11. The Labute approximate surface area is 114 Å². The highest BCUT2D eigenvalue weighted by Gasteiger charge is 2.19. The summed E-state index contributed by atoms with van der Waals surface area (Å²) < 4.78 is 25.8. The topological polar surface area (TPSA) is 50.2 Å². The third-order valence-corrected chi connectivity index (χ3v) is 2.99. The molecule has 0 fully saturated rings. The Hall–Kier alpha value is -2.30. The summed E-state index contributed by atoms with van der Waals surface area (Å²) in [5, 5.41) is 9.23. The van der Waals surface area contributed by atoms with Crippen LogP contribution in [0.3, 0.4) is 0 Å². The number of hydrogen-bond acceptors (Lipinski definition) is 2. The van der Waals surface area contributed by atoms with Gasteiger partial charge in [0.25, 0.3) is 0 Å². The molecule has 1 atom stereocenters. The molecule has 0 spiro atoms. The summed E-state index contributed by atoms with van der Waals surface area (Å²) in [6.07, 6.45) is 2.95. The van der Waals surface area contributed by atoms with Gasteiger partial charge in [-0.2, -0.15) is 0 Å². The van der Waals surface area contributed by atoms with Crippen molar-refractivity contribution in [3.05, 3.63) is 65.5 Å². The summed E-state index contributed by atoms with van der Waals surface area (Å²) in [6.45, 7) is 0. The lowest BCUT2D eigenvalue weighted by Gasteiger charge is -2.12. The van der Waals surface area contributed by atoms with Crippen molar-refractivity contribution >= 4 is 5.97 Å². The third-order valence-electron chi connectivity index (χ3n) is 2.99. The van der Waals surface area contributed by atoms with Crippen LogP contribution in [0.1, 0.15) is 11.1 Å². The highest BCUT2D eigenvalue weighted by molar-refractivity contribution is 5.70. The van der Waals surface area contributed by atoms with Crippen LogP contribution in [-0.4, -0.2) is 16.1 Å². The largest absolute Gasteiger partial charge is 0.481 e. The molecule has 3 nitrogen and oxygen atoms in total. The summed E-state index contributed by atoms with van der Waals surface area (Å²) in [6, 6.07) is 6.95. The summed E-state index contributed by atoms with van der Waals surface area (Å²) in [5.74, 6) is -2.54. The second kappa shape index (κ2) is 6.23. The quantitative estimate of drug-likeness (QED) is 0.914. The lowest BCUT2D eigenvalue weighted by Crippen LogP contribution is -2.19. The van der Waals surface area contributed by atoms with Crippen molar-refractivity contribution in [3.63, 3.8) is 0 Å². The first-order chi connectivity index (χ1) is 9.54. The summed E-state index contributed by atoms with van der Waals surface area (Å²) in [5.41, 5.74) is 1.25. The van der Waals surface area contributed by atoms with E-state index in [1.807, 2.05) is 0 Å². The number of carboxylic acids is 1. The molecular formula is C15H13F2NO2. The summed E-state index contributed by atoms with van der Waals surface area (Å²) >= 11 is 0. The van der Waals surface area contributed by atoms with Gasteiger partial charge in [0.15, 0.2) is 0 Å². The Morgan fingerprint density at radius 3 is 2.30 bits per heavy atom. The SMILES string of the molecule is O=C(O)C(Cc1ccc(F)cc1)Cc1cncc(F)c1. The summed E-state index contributed by atoms with van der Waals surface area (Å²) in [4.78, 5) is 15.0. The van der Waals surface area contributed by atoms with E-state index in [2.05, 4.69) is 4.98 Å². The van der Waals surface area contributed by atoms with Crippen LogP contribution in [0.25, 0.3) is 0 Å². The van der Waals surface area contributed by atoms with Gasteiger partial charge in [0.2, 0.25) is 0 Å². The minimum Gasteiger partial charge on any atom is -0.481 e. The van der Waals surface area contributed by atoms with E-state index in [-0.39, 0.29) is 18.7 Å². The van der Waals surface area contributed by atoms with E-state index in [4.69, 9.17) is 0 Å². The van der Waals surface area contributed by atoms with Crippen LogP contribution in [0, 0.1) is 17.6 Å². The molecule has 0 saturated carbocycles. The number of benzene rings is 1. The standard InChI is InChI=1S/C15H13F2NO2/c16-13-3-1-10(2-4-13)5-12(15(19)20)6-11-7-14(17)9-18-8-11/h1-4,7-9,12H,5-6H2,(H,19,20). The van der Waals surface area contributed by atoms with Crippen LogP contribution in [0.15, 0.2) is 42.7 Å². The van der Waals surface area contributed by atoms with Gasteiger partial charge in [-0.05, 0) is 42.2 Å². The number of carboxylic acid groups (broad SMARTS) is 1. The van der Waals surface area contributed by atoms with E-state index in [1.165, 1.54) is 24.4 Å². The molecule has 0 amide bonds. The predicted octanol–water partition coefficient (Wildman–Crippen LogP) is 2.85. The number of aromatic nitrogens is 1. The fourth-order valence-electron chi connectivity index (χ4n) is 2.00. The van der Waals surface area contributed by atoms with E-state index < -0.39 is 17.7 Å². The third kappa shape index (κ3) is 3.85. The van der Waals surface area contributed by atoms with Crippen LogP contribution >= 0.6 is 0 Å². The average molecular weight is 277 g/mol. The van der Waals surface area contributed by atoms with Crippen LogP contribution in [0.5, 0.6) is 0 Å². The van der Waals surface area contributed by atoms with Crippen LogP contribution in [0.2, 0.25) is 0 Å². The van der Waals surface area contributed by atoms with Gasteiger partial charge in [-0.3, -0.25) is 9.78 Å². The van der Waals surface area contributed by atoms with Crippen LogP contribution in [-0.2, 0) is 17.6 Å². The van der Waals surface area contributed by atoms with Gasteiger partial charge in [0.05, 0.1) is 12.1 Å². The van der Waals surface area contributed by atoms with E-state index in [9.17, 15) is 18.7 Å². The first kappa shape index (κ1) is 14.1. The molecule has 1 heterocycles. The second-order valence-corrected chi connectivity index (χ2v) is 4.58. The maximum atomic E-state index is 13.0. The second-order valence-electron chi connectivity index (χ2n) is 4.58. The lowest BCUT2D eigenvalue weighted by atomic mass is 9.93. The van der Waals surface area contributed by atoms with Gasteiger partial charge in [-0.15, -0.1) is 0 Å². The monoisotopic (exact) mass is 277 g/mol. The van der Waals surface area contributed by atoms with Crippen LogP contribution < -0.4 is 0 Å². The van der Waals surface area contributed by atoms with Gasteiger partial charge in [0.1, 0.15) is 11.6 Å². The molecule has 20 heavy (non-hydrogen) atoms. The van der Waals surface area contributed by atoms with E-state index in [0.29, 0.717) is 5.56 Å². The minimum atomic E-state index is -0.974. The van der Waals surface area contributed by atoms with Crippen molar-refractivity contribution in [3.8, 4) is 0 Å².